The maximum Gasteiger partial charge on any atom is 0.123 e. The average molecular weight is 233 g/mol. The van der Waals surface area contributed by atoms with Crippen LogP contribution in [0, 0.1) is 5.82 Å². The van der Waals surface area contributed by atoms with E-state index < -0.39 is 0 Å². The maximum atomic E-state index is 13.2. The molecule has 3 heteroatoms. The smallest absolute Gasteiger partial charge is 0.123 e. The van der Waals surface area contributed by atoms with E-state index in [0.717, 1.165) is 24.1 Å². The van der Waals surface area contributed by atoms with E-state index in [1.807, 2.05) is 11.1 Å². The van der Waals surface area contributed by atoms with Crippen molar-refractivity contribution in [1.29, 1.82) is 0 Å². The Bertz CT molecular complexity index is 479. The van der Waals surface area contributed by atoms with Crippen molar-refractivity contribution in [2.24, 2.45) is 0 Å². The van der Waals surface area contributed by atoms with Crippen LogP contribution in [0.25, 0.3) is 0 Å². The molecule has 0 radical (unpaired) electrons. The molecule has 1 saturated heterocycles. The summed E-state index contributed by atoms with van der Waals surface area (Å²) in [6, 6.07) is 5.23. The second-order valence-electron chi connectivity index (χ2n) is 5.08. The number of hydroxylamine groups is 1. The van der Waals surface area contributed by atoms with E-state index in [9.17, 15) is 4.39 Å². The molecule has 0 spiro atoms. The zero-order valence-electron chi connectivity index (χ0n) is 10.1. The predicted octanol–water partition coefficient (Wildman–Crippen LogP) is 3.23. The summed E-state index contributed by atoms with van der Waals surface area (Å²) in [6.45, 7) is 4.18. The van der Waals surface area contributed by atoms with Gasteiger partial charge in [0.15, 0.2) is 0 Å². The van der Waals surface area contributed by atoms with Crippen molar-refractivity contribution < 1.29 is 9.23 Å². The Morgan fingerprint density at radius 2 is 2.29 bits per heavy atom. The SMILES string of the molecule is CC(C)=C[C@@H]1C[C@@H]2Cc3cc(F)ccc3N1O2. The topological polar surface area (TPSA) is 12.5 Å². The van der Waals surface area contributed by atoms with Gasteiger partial charge in [0.1, 0.15) is 5.82 Å². The number of allylic oxidation sites excluding steroid dienone is 1. The van der Waals surface area contributed by atoms with Crippen molar-refractivity contribution in [3.63, 3.8) is 0 Å². The van der Waals surface area contributed by atoms with Gasteiger partial charge in [-0.2, -0.15) is 0 Å². The van der Waals surface area contributed by atoms with Crippen LogP contribution in [-0.4, -0.2) is 12.1 Å². The van der Waals surface area contributed by atoms with Crippen LogP contribution >= 0.6 is 0 Å². The molecule has 2 aliphatic rings. The lowest BCUT2D eigenvalue weighted by atomic mass is 10.0. The standard InChI is InChI=1S/C14H16FNO/c1-9(2)5-12-8-13-7-10-6-11(15)3-4-14(10)16(12)17-13/h3-6,12-13H,7-8H2,1-2H3/t12-,13+/m1/s1. The van der Waals surface area contributed by atoms with Crippen molar-refractivity contribution in [1.82, 2.24) is 0 Å². The third-order valence-corrected chi connectivity index (χ3v) is 3.32. The number of nitrogens with zero attached hydrogens (tertiary/aromatic N) is 1. The fourth-order valence-electron chi connectivity index (χ4n) is 2.70. The van der Waals surface area contributed by atoms with E-state index >= 15 is 0 Å². The normalized spacial score (nSPS) is 25.7. The van der Waals surface area contributed by atoms with Crippen LogP contribution in [0.2, 0.25) is 0 Å². The molecule has 2 heterocycles. The first-order chi connectivity index (χ1) is 8.13. The average Bonchev–Trinajstić information content (AvgIpc) is 2.55. The van der Waals surface area contributed by atoms with Gasteiger partial charge in [-0.1, -0.05) is 11.6 Å². The van der Waals surface area contributed by atoms with Gasteiger partial charge < -0.3 is 0 Å². The molecule has 1 aromatic carbocycles. The van der Waals surface area contributed by atoms with E-state index in [1.165, 1.54) is 11.6 Å². The molecule has 0 saturated carbocycles. The molecule has 0 unspecified atom stereocenters. The number of halogens is 1. The molecular formula is C14H16FNO. The zero-order valence-corrected chi connectivity index (χ0v) is 10.1. The summed E-state index contributed by atoms with van der Waals surface area (Å²) >= 11 is 0. The number of rotatable bonds is 1. The molecule has 1 fully saturated rings. The van der Waals surface area contributed by atoms with Crippen molar-refractivity contribution in [3.05, 3.63) is 41.2 Å². The van der Waals surface area contributed by atoms with Gasteiger partial charge in [0.2, 0.25) is 0 Å². The molecule has 0 amide bonds. The van der Waals surface area contributed by atoms with E-state index in [0.29, 0.717) is 0 Å². The molecule has 17 heavy (non-hydrogen) atoms. The van der Waals surface area contributed by atoms with Crippen LogP contribution in [0.3, 0.4) is 0 Å². The molecule has 1 aromatic rings. The minimum Gasteiger partial charge on any atom is -0.269 e. The van der Waals surface area contributed by atoms with Crippen LogP contribution in [0.1, 0.15) is 25.8 Å². The Morgan fingerprint density at radius 3 is 3.06 bits per heavy atom. The number of benzene rings is 1. The van der Waals surface area contributed by atoms with Crippen molar-refractivity contribution in [2.45, 2.75) is 38.8 Å². The van der Waals surface area contributed by atoms with Crippen molar-refractivity contribution in [2.75, 3.05) is 5.06 Å². The predicted molar refractivity (Wildman–Crippen MR) is 65.3 cm³/mol. The van der Waals surface area contributed by atoms with E-state index in [2.05, 4.69) is 19.9 Å². The van der Waals surface area contributed by atoms with Gasteiger partial charge in [0, 0.05) is 12.8 Å². The Labute approximate surface area is 101 Å². The Morgan fingerprint density at radius 1 is 1.47 bits per heavy atom. The molecular weight excluding hydrogens is 217 g/mol. The van der Waals surface area contributed by atoms with Gasteiger partial charge in [0.25, 0.3) is 0 Å². The second kappa shape index (κ2) is 3.84. The summed E-state index contributed by atoms with van der Waals surface area (Å²) in [7, 11) is 0. The Hall–Kier alpha value is -1.35. The molecule has 0 aromatic heterocycles. The third-order valence-electron chi connectivity index (χ3n) is 3.32. The van der Waals surface area contributed by atoms with Crippen LogP contribution in [0.4, 0.5) is 10.1 Å². The molecule has 0 N–H and O–H groups in total. The van der Waals surface area contributed by atoms with Gasteiger partial charge in [-0.3, -0.25) is 4.84 Å². The lowest BCUT2D eigenvalue weighted by Gasteiger charge is -2.29. The summed E-state index contributed by atoms with van der Waals surface area (Å²) in [5.74, 6) is -0.162. The lowest BCUT2D eigenvalue weighted by molar-refractivity contribution is 0.0751. The molecule has 2 atom stereocenters. The van der Waals surface area contributed by atoms with Crippen molar-refractivity contribution >= 4 is 5.69 Å². The fraction of sp³-hybridized carbons (Fsp3) is 0.429. The van der Waals surface area contributed by atoms with Gasteiger partial charge in [-0.25, -0.2) is 9.45 Å². The fourth-order valence-corrected chi connectivity index (χ4v) is 2.70. The first-order valence-electron chi connectivity index (χ1n) is 6.03. The number of anilines is 1. The van der Waals surface area contributed by atoms with Crippen LogP contribution in [-0.2, 0) is 11.3 Å². The number of hydrogen-bond donors (Lipinski definition) is 0. The molecule has 2 aliphatic heterocycles. The third kappa shape index (κ3) is 1.84. The first-order valence-corrected chi connectivity index (χ1v) is 6.03. The summed E-state index contributed by atoms with van der Waals surface area (Å²) in [4.78, 5) is 5.84. The highest BCUT2D eigenvalue weighted by Gasteiger charge is 2.38. The van der Waals surface area contributed by atoms with Crippen LogP contribution < -0.4 is 5.06 Å². The highest BCUT2D eigenvalue weighted by atomic mass is 19.1. The van der Waals surface area contributed by atoms with Gasteiger partial charge in [0.05, 0.1) is 17.8 Å². The highest BCUT2D eigenvalue weighted by molar-refractivity contribution is 5.56. The highest BCUT2D eigenvalue weighted by Crippen LogP contribution is 2.38. The van der Waals surface area contributed by atoms with Gasteiger partial charge in [-0.05, 0) is 37.6 Å². The van der Waals surface area contributed by atoms with E-state index in [1.54, 1.807) is 6.07 Å². The molecule has 90 valence electrons. The number of fused-ring (bicyclic) bond motifs is 4. The summed E-state index contributed by atoms with van der Waals surface area (Å²) < 4.78 is 13.2. The minimum absolute atomic E-state index is 0.162. The lowest BCUT2D eigenvalue weighted by Crippen LogP contribution is -2.30. The molecule has 3 rings (SSSR count). The zero-order chi connectivity index (χ0) is 12.0. The minimum atomic E-state index is -0.162. The van der Waals surface area contributed by atoms with Gasteiger partial charge >= 0.3 is 0 Å². The molecule has 0 aliphatic carbocycles. The van der Waals surface area contributed by atoms with Gasteiger partial charge in [-0.15, -0.1) is 0 Å². The second-order valence-corrected chi connectivity index (χ2v) is 5.08. The largest absolute Gasteiger partial charge is 0.269 e. The molecule has 2 nitrogen and oxygen atoms in total. The summed E-state index contributed by atoms with van der Waals surface area (Å²) in [5.41, 5.74) is 3.36. The summed E-state index contributed by atoms with van der Waals surface area (Å²) in [5, 5.41) is 1.94. The van der Waals surface area contributed by atoms with Crippen LogP contribution in [0.15, 0.2) is 29.8 Å². The van der Waals surface area contributed by atoms with E-state index in [-0.39, 0.29) is 18.0 Å². The quantitative estimate of drug-likeness (QED) is 0.690. The Balaban J connectivity index is 2.00. The molecule has 2 bridgehead atoms. The monoisotopic (exact) mass is 233 g/mol. The van der Waals surface area contributed by atoms with Crippen molar-refractivity contribution in [3.8, 4) is 0 Å². The maximum absolute atomic E-state index is 13.2. The first kappa shape index (κ1) is 10.8. The number of hydrogen-bond acceptors (Lipinski definition) is 2. The Kier molecular flexibility index (Phi) is 2.44. The van der Waals surface area contributed by atoms with E-state index in [4.69, 9.17) is 4.84 Å². The van der Waals surface area contributed by atoms with Crippen LogP contribution in [0.5, 0.6) is 0 Å². The summed E-state index contributed by atoms with van der Waals surface area (Å²) in [6.07, 6.45) is 4.22.